The summed E-state index contributed by atoms with van der Waals surface area (Å²) in [5, 5.41) is 12.4. The number of methoxy groups -OCH3 is 1. The van der Waals surface area contributed by atoms with Crippen LogP contribution in [0.15, 0.2) is 53.7 Å². The van der Waals surface area contributed by atoms with Crippen molar-refractivity contribution in [1.29, 1.82) is 0 Å². The maximum absolute atomic E-state index is 12.5. The first-order valence-corrected chi connectivity index (χ1v) is 11.2. The first kappa shape index (κ1) is 20.6. The number of amides is 1. The van der Waals surface area contributed by atoms with Gasteiger partial charge in [0.25, 0.3) is 0 Å². The molecule has 0 saturated carbocycles. The first-order chi connectivity index (χ1) is 14.7. The van der Waals surface area contributed by atoms with Crippen molar-refractivity contribution in [2.45, 2.75) is 37.4 Å². The Morgan fingerprint density at radius 1 is 1.13 bits per heavy atom. The lowest BCUT2D eigenvalue weighted by molar-refractivity contribution is -0.113. The van der Waals surface area contributed by atoms with Crippen molar-refractivity contribution in [3.05, 3.63) is 71.0 Å². The van der Waals surface area contributed by atoms with Crippen molar-refractivity contribution < 1.29 is 9.53 Å². The van der Waals surface area contributed by atoms with E-state index in [-0.39, 0.29) is 11.7 Å². The largest absolute Gasteiger partial charge is 0.383 e. The first-order valence-electron chi connectivity index (χ1n) is 10.2. The molecule has 0 bridgehead atoms. The minimum atomic E-state index is -0.0381. The summed E-state index contributed by atoms with van der Waals surface area (Å²) in [5.74, 6) is 1.12. The molecule has 1 heterocycles. The molecule has 3 aromatic rings. The number of nitrogens with one attached hydrogen (secondary N) is 1. The Morgan fingerprint density at radius 2 is 1.97 bits per heavy atom. The fourth-order valence-corrected chi connectivity index (χ4v) is 4.50. The zero-order chi connectivity index (χ0) is 20.8. The second kappa shape index (κ2) is 9.91. The Labute approximate surface area is 181 Å². The van der Waals surface area contributed by atoms with Crippen molar-refractivity contribution in [3.63, 3.8) is 0 Å². The maximum atomic E-state index is 12.5. The number of anilines is 1. The number of hydrogen-bond donors (Lipinski definition) is 1. The Morgan fingerprint density at radius 3 is 2.80 bits per heavy atom. The third kappa shape index (κ3) is 5.09. The van der Waals surface area contributed by atoms with Crippen molar-refractivity contribution in [3.8, 4) is 0 Å². The van der Waals surface area contributed by atoms with Gasteiger partial charge in [0.05, 0.1) is 12.4 Å². The zero-order valence-corrected chi connectivity index (χ0v) is 18.0. The topological polar surface area (TPSA) is 69.0 Å². The highest BCUT2D eigenvalue weighted by Crippen LogP contribution is 2.25. The van der Waals surface area contributed by atoms with Crippen LogP contribution in [-0.4, -0.2) is 40.1 Å². The van der Waals surface area contributed by atoms with E-state index in [4.69, 9.17) is 4.74 Å². The van der Waals surface area contributed by atoms with Crippen LogP contribution in [0.5, 0.6) is 0 Å². The van der Waals surface area contributed by atoms with Crippen LogP contribution in [0, 0.1) is 0 Å². The van der Waals surface area contributed by atoms with Crippen LogP contribution in [0.1, 0.15) is 28.9 Å². The Bertz CT molecular complexity index is 1000. The van der Waals surface area contributed by atoms with Crippen LogP contribution in [0.2, 0.25) is 0 Å². The summed E-state index contributed by atoms with van der Waals surface area (Å²) in [4.78, 5) is 12.5. The second-order valence-corrected chi connectivity index (χ2v) is 8.32. The van der Waals surface area contributed by atoms with Crippen LogP contribution in [0.3, 0.4) is 0 Å². The third-order valence-corrected chi connectivity index (χ3v) is 6.20. The van der Waals surface area contributed by atoms with E-state index >= 15 is 0 Å². The molecular weight excluding hydrogens is 396 g/mol. The molecule has 0 fully saturated rings. The van der Waals surface area contributed by atoms with Gasteiger partial charge in [0, 0.05) is 25.8 Å². The third-order valence-electron chi connectivity index (χ3n) is 5.23. The van der Waals surface area contributed by atoms with E-state index in [1.54, 1.807) is 7.11 Å². The molecule has 1 aliphatic rings. The quantitative estimate of drug-likeness (QED) is 0.532. The number of rotatable bonds is 9. The fraction of sp³-hybridized carbons (Fsp3) is 0.348. The van der Waals surface area contributed by atoms with Crippen LogP contribution in [-0.2, 0) is 35.3 Å². The molecule has 30 heavy (non-hydrogen) atoms. The minimum Gasteiger partial charge on any atom is -0.383 e. The van der Waals surface area contributed by atoms with Crippen molar-refractivity contribution in [2.24, 2.45) is 0 Å². The summed E-state index contributed by atoms with van der Waals surface area (Å²) >= 11 is 1.40. The van der Waals surface area contributed by atoms with Crippen LogP contribution < -0.4 is 5.32 Å². The number of fused-ring (bicyclic) bond motifs is 1. The van der Waals surface area contributed by atoms with Gasteiger partial charge in [0.1, 0.15) is 5.82 Å². The van der Waals surface area contributed by atoms with Gasteiger partial charge in [0.2, 0.25) is 5.91 Å². The number of aromatic nitrogens is 3. The summed E-state index contributed by atoms with van der Waals surface area (Å²) in [6.45, 7) is 1.22. The molecule has 0 radical (unpaired) electrons. The lowest BCUT2D eigenvalue weighted by Crippen LogP contribution is -2.15. The van der Waals surface area contributed by atoms with Crippen molar-refractivity contribution in [2.75, 3.05) is 24.8 Å². The van der Waals surface area contributed by atoms with E-state index in [0.717, 1.165) is 29.5 Å². The number of hydrogen-bond acceptors (Lipinski definition) is 5. The van der Waals surface area contributed by atoms with Gasteiger partial charge in [-0.25, -0.2) is 0 Å². The number of ether oxygens (including phenoxy) is 1. The minimum absolute atomic E-state index is 0.0381. The van der Waals surface area contributed by atoms with E-state index < -0.39 is 0 Å². The standard InChI is InChI=1S/C23H26N4O2S/c1-29-13-12-27-21(14-17-6-3-2-4-7-17)25-26-23(27)30-16-22(28)24-20-11-10-18-8-5-9-19(18)15-20/h2-4,6-7,10-11,15H,5,8-9,12-14,16H2,1H3,(H,24,28). The second-order valence-electron chi connectivity index (χ2n) is 7.38. The Hall–Kier alpha value is -2.64. The van der Waals surface area contributed by atoms with E-state index in [2.05, 4.69) is 39.8 Å². The highest BCUT2D eigenvalue weighted by Gasteiger charge is 2.16. The van der Waals surface area contributed by atoms with Crippen LogP contribution in [0.25, 0.3) is 0 Å². The highest BCUT2D eigenvalue weighted by molar-refractivity contribution is 7.99. The van der Waals surface area contributed by atoms with Gasteiger partial charge < -0.3 is 14.6 Å². The smallest absolute Gasteiger partial charge is 0.234 e. The SMILES string of the molecule is COCCn1c(Cc2ccccc2)nnc1SCC(=O)Nc1ccc2c(c1)CCC2. The molecule has 1 amide bonds. The van der Waals surface area contributed by atoms with E-state index in [9.17, 15) is 4.79 Å². The van der Waals surface area contributed by atoms with E-state index in [1.807, 2.05) is 28.8 Å². The molecule has 0 unspecified atom stereocenters. The summed E-state index contributed by atoms with van der Waals surface area (Å²) in [6.07, 6.45) is 4.13. The molecule has 6 nitrogen and oxygen atoms in total. The molecule has 0 saturated heterocycles. The van der Waals surface area contributed by atoms with Crippen LogP contribution in [0.4, 0.5) is 5.69 Å². The molecule has 2 aromatic carbocycles. The molecular formula is C23H26N4O2S. The van der Waals surface area contributed by atoms with Gasteiger partial charge in [-0.2, -0.15) is 0 Å². The average Bonchev–Trinajstić information content (AvgIpc) is 3.38. The summed E-state index contributed by atoms with van der Waals surface area (Å²) < 4.78 is 7.30. The van der Waals surface area contributed by atoms with Crippen molar-refractivity contribution >= 4 is 23.4 Å². The number of thioether (sulfide) groups is 1. The van der Waals surface area contributed by atoms with Gasteiger partial charge in [0.15, 0.2) is 5.16 Å². The molecule has 0 aliphatic heterocycles. The number of benzene rings is 2. The average molecular weight is 423 g/mol. The maximum Gasteiger partial charge on any atom is 0.234 e. The molecule has 1 aliphatic carbocycles. The fourth-order valence-electron chi connectivity index (χ4n) is 3.72. The Kier molecular flexibility index (Phi) is 6.81. The highest BCUT2D eigenvalue weighted by atomic mass is 32.2. The Balaban J connectivity index is 1.40. The lowest BCUT2D eigenvalue weighted by atomic mass is 10.1. The lowest BCUT2D eigenvalue weighted by Gasteiger charge is -2.10. The molecule has 156 valence electrons. The molecule has 1 N–H and O–H groups in total. The molecule has 0 spiro atoms. The number of carbonyl (C=O) groups excluding carboxylic acids is 1. The van der Waals surface area contributed by atoms with E-state index in [1.165, 1.54) is 34.9 Å². The van der Waals surface area contributed by atoms with Gasteiger partial charge in [-0.15, -0.1) is 10.2 Å². The predicted molar refractivity (Wildman–Crippen MR) is 119 cm³/mol. The van der Waals surface area contributed by atoms with Gasteiger partial charge in [-0.1, -0.05) is 48.2 Å². The summed E-state index contributed by atoms with van der Waals surface area (Å²) in [6, 6.07) is 16.4. The normalized spacial score (nSPS) is 12.7. The molecule has 7 heteroatoms. The predicted octanol–water partition coefficient (Wildman–Crippen LogP) is 3.73. The summed E-state index contributed by atoms with van der Waals surface area (Å²) in [5.41, 5.74) is 4.80. The van der Waals surface area contributed by atoms with E-state index in [0.29, 0.717) is 19.6 Å². The monoisotopic (exact) mass is 422 g/mol. The molecule has 0 atom stereocenters. The van der Waals surface area contributed by atoms with Gasteiger partial charge >= 0.3 is 0 Å². The van der Waals surface area contributed by atoms with Gasteiger partial charge in [-0.3, -0.25) is 4.79 Å². The molecule has 1 aromatic heterocycles. The number of aryl methyl sites for hydroxylation is 2. The van der Waals surface area contributed by atoms with Crippen molar-refractivity contribution in [1.82, 2.24) is 14.8 Å². The summed E-state index contributed by atoms with van der Waals surface area (Å²) in [7, 11) is 1.68. The number of nitrogens with zero attached hydrogens (tertiary/aromatic N) is 3. The molecule has 4 rings (SSSR count). The van der Waals surface area contributed by atoms with Crippen LogP contribution >= 0.6 is 11.8 Å². The zero-order valence-electron chi connectivity index (χ0n) is 17.1. The number of carbonyl (C=O) groups is 1. The van der Waals surface area contributed by atoms with Gasteiger partial charge in [-0.05, 0) is 48.1 Å².